The Morgan fingerprint density at radius 1 is 0.429 bits per heavy atom. The molecular formula is C10H20LaO10. The van der Waals surface area contributed by atoms with E-state index in [0.29, 0.717) is 0 Å². The van der Waals surface area contributed by atoms with E-state index in [4.69, 9.17) is 49.5 Å². The van der Waals surface area contributed by atoms with Crippen molar-refractivity contribution in [1.29, 1.82) is 0 Å². The first-order chi connectivity index (χ1) is 8.66. The van der Waals surface area contributed by atoms with Crippen molar-refractivity contribution in [3.05, 3.63) is 0 Å². The molecule has 11 heteroatoms. The van der Waals surface area contributed by atoms with Crippen LogP contribution in [0.2, 0.25) is 0 Å². The van der Waals surface area contributed by atoms with E-state index in [9.17, 15) is 0 Å². The minimum absolute atomic E-state index is 0. The Morgan fingerprint density at radius 3 is 0.429 bits per heavy atom. The quantitative estimate of drug-likeness (QED) is 0.355. The van der Waals surface area contributed by atoms with Crippen molar-refractivity contribution in [2.24, 2.45) is 0 Å². The molecule has 0 unspecified atom stereocenters. The Bertz CT molecular complexity index is 211. The second-order valence-electron chi connectivity index (χ2n) is 2.60. The second-order valence-corrected chi connectivity index (χ2v) is 2.60. The van der Waals surface area contributed by atoms with Gasteiger partial charge in [-0.2, -0.15) is 0 Å². The number of carbonyl (C=O) groups is 5. The van der Waals surface area contributed by atoms with Crippen LogP contribution in [0.25, 0.3) is 0 Å². The van der Waals surface area contributed by atoms with Gasteiger partial charge in [0.15, 0.2) is 0 Å². The van der Waals surface area contributed by atoms with Crippen LogP contribution in [-0.4, -0.2) is 55.4 Å². The smallest absolute Gasteiger partial charge is 0.300 e. The van der Waals surface area contributed by atoms with E-state index in [0.717, 1.165) is 34.6 Å². The number of hydrogen-bond acceptors (Lipinski definition) is 5. The molecule has 0 aliphatic rings. The minimum atomic E-state index is -0.833. The number of carboxylic acid groups (broad SMARTS) is 5. The van der Waals surface area contributed by atoms with Crippen LogP contribution in [0.3, 0.4) is 0 Å². The summed E-state index contributed by atoms with van der Waals surface area (Å²) in [6, 6.07) is 0. The summed E-state index contributed by atoms with van der Waals surface area (Å²) in [5.41, 5.74) is 0. The Morgan fingerprint density at radius 2 is 0.429 bits per heavy atom. The molecule has 0 aromatic heterocycles. The van der Waals surface area contributed by atoms with Gasteiger partial charge in [-0.15, -0.1) is 0 Å². The molecule has 123 valence electrons. The maximum atomic E-state index is 9.00. The van der Waals surface area contributed by atoms with E-state index in [1.54, 1.807) is 0 Å². The van der Waals surface area contributed by atoms with Crippen molar-refractivity contribution in [2.45, 2.75) is 34.6 Å². The Kier molecular flexibility index (Phi) is 54.3. The summed E-state index contributed by atoms with van der Waals surface area (Å²) in [7, 11) is 0. The number of aliphatic carboxylic acids is 5. The molecule has 0 bridgehead atoms. The van der Waals surface area contributed by atoms with Crippen molar-refractivity contribution < 1.29 is 85.1 Å². The fourth-order valence-electron chi connectivity index (χ4n) is 0. The van der Waals surface area contributed by atoms with Crippen molar-refractivity contribution >= 4 is 29.8 Å². The predicted molar refractivity (Wildman–Crippen MR) is 66.5 cm³/mol. The summed E-state index contributed by atoms with van der Waals surface area (Å²) in [6.07, 6.45) is 0. The summed E-state index contributed by atoms with van der Waals surface area (Å²) in [4.78, 5) is 45.0. The first-order valence-corrected chi connectivity index (χ1v) is 4.64. The zero-order valence-electron chi connectivity index (χ0n) is 12.4. The van der Waals surface area contributed by atoms with Gasteiger partial charge in [-0.1, -0.05) is 0 Å². The van der Waals surface area contributed by atoms with Gasteiger partial charge in [0, 0.05) is 70.2 Å². The number of rotatable bonds is 0. The largest absolute Gasteiger partial charge is 0.481 e. The Hall–Kier alpha value is -1.46. The average molecular weight is 439 g/mol. The molecule has 0 heterocycles. The number of carboxylic acids is 5. The third kappa shape index (κ3) is 2400. The third-order valence-corrected chi connectivity index (χ3v) is 0. The van der Waals surface area contributed by atoms with Gasteiger partial charge in [-0.25, -0.2) is 0 Å². The zero-order chi connectivity index (χ0) is 17.9. The second kappa shape index (κ2) is 31.1. The predicted octanol–water partition coefficient (Wildman–Crippen LogP) is 0.455. The van der Waals surface area contributed by atoms with Gasteiger partial charge < -0.3 is 25.5 Å². The van der Waals surface area contributed by atoms with Crippen molar-refractivity contribution in [3.8, 4) is 0 Å². The molecular weight excluding hydrogens is 419 g/mol. The van der Waals surface area contributed by atoms with Crippen LogP contribution < -0.4 is 0 Å². The van der Waals surface area contributed by atoms with Gasteiger partial charge in [0.1, 0.15) is 0 Å². The standard InChI is InChI=1S/5C2H4O2.La/c5*1-2(3)4;/h5*1H3,(H,3,4);. The van der Waals surface area contributed by atoms with Crippen LogP contribution in [-0.2, 0) is 24.0 Å². The molecule has 5 N–H and O–H groups in total. The molecule has 1 radical (unpaired) electrons. The van der Waals surface area contributed by atoms with E-state index >= 15 is 0 Å². The molecule has 0 aliphatic heterocycles. The van der Waals surface area contributed by atoms with Crippen molar-refractivity contribution in [1.82, 2.24) is 0 Å². The maximum absolute atomic E-state index is 9.00. The van der Waals surface area contributed by atoms with Crippen LogP contribution in [0.5, 0.6) is 0 Å². The van der Waals surface area contributed by atoms with Gasteiger partial charge in [0.2, 0.25) is 0 Å². The monoisotopic (exact) mass is 439 g/mol. The van der Waals surface area contributed by atoms with Crippen molar-refractivity contribution in [2.75, 3.05) is 0 Å². The summed E-state index contributed by atoms with van der Waals surface area (Å²) >= 11 is 0. The molecule has 0 saturated heterocycles. The van der Waals surface area contributed by atoms with Gasteiger partial charge in [-0.05, 0) is 0 Å². The molecule has 0 rings (SSSR count). The van der Waals surface area contributed by atoms with Crippen LogP contribution in [0.1, 0.15) is 34.6 Å². The molecule has 0 aliphatic carbocycles. The van der Waals surface area contributed by atoms with Gasteiger partial charge in [0.25, 0.3) is 29.8 Å². The summed E-state index contributed by atoms with van der Waals surface area (Å²) in [5, 5.41) is 37.1. The molecule has 10 nitrogen and oxygen atoms in total. The average Bonchev–Trinajstić information content (AvgIpc) is 1.94. The molecule has 0 fully saturated rings. The van der Waals surface area contributed by atoms with E-state index in [1.165, 1.54) is 0 Å². The first-order valence-electron chi connectivity index (χ1n) is 4.64. The van der Waals surface area contributed by atoms with E-state index in [1.807, 2.05) is 0 Å². The van der Waals surface area contributed by atoms with Gasteiger partial charge in [0.05, 0.1) is 0 Å². The molecule has 0 atom stereocenters. The van der Waals surface area contributed by atoms with Crippen LogP contribution in [0.15, 0.2) is 0 Å². The van der Waals surface area contributed by atoms with Crippen LogP contribution in [0, 0.1) is 35.6 Å². The fraction of sp³-hybridized carbons (Fsp3) is 0.500. The van der Waals surface area contributed by atoms with E-state index in [2.05, 4.69) is 0 Å². The van der Waals surface area contributed by atoms with Crippen LogP contribution in [0.4, 0.5) is 0 Å². The molecule has 21 heavy (non-hydrogen) atoms. The minimum Gasteiger partial charge on any atom is -0.481 e. The van der Waals surface area contributed by atoms with Gasteiger partial charge in [-0.3, -0.25) is 24.0 Å². The summed E-state index contributed by atoms with van der Waals surface area (Å²) in [6.45, 7) is 5.42. The molecule has 0 aromatic carbocycles. The normalized spacial score (nSPS) is 5.95. The number of hydrogen-bond donors (Lipinski definition) is 5. The molecule has 0 saturated carbocycles. The Balaban J connectivity index is -0.0000000331. The maximum Gasteiger partial charge on any atom is 0.300 e. The SMILES string of the molecule is CC(=O)O.CC(=O)O.CC(=O)O.CC(=O)O.CC(=O)O.[La]. The topological polar surface area (TPSA) is 186 Å². The molecule has 0 amide bonds. The molecule has 0 aromatic rings. The summed E-state index contributed by atoms with van der Waals surface area (Å²) in [5.74, 6) is -4.17. The van der Waals surface area contributed by atoms with E-state index < -0.39 is 29.8 Å². The van der Waals surface area contributed by atoms with Gasteiger partial charge >= 0.3 is 0 Å². The first kappa shape index (κ1) is 36.6. The van der Waals surface area contributed by atoms with Crippen LogP contribution >= 0.6 is 0 Å². The van der Waals surface area contributed by atoms with Crippen molar-refractivity contribution in [3.63, 3.8) is 0 Å². The Labute approximate surface area is 149 Å². The van der Waals surface area contributed by atoms with E-state index in [-0.39, 0.29) is 35.6 Å². The fourth-order valence-corrected chi connectivity index (χ4v) is 0. The zero-order valence-corrected chi connectivity index (χ0v) is 16.0. The summed E-state index contributed by atoms with van der Waals surface area (Å²) < 4.78 is 0. The third-order valence-electron chi connectivity index (χ3n) is 0. The molecule has 0 spiro atoms.